The van der Waals surface area contributed by atoms with Crippen molar-refractivity contribution < 1.29 is 4.74 Å². The second kappa shape index (κ2) is 7.17. The first kappa shape index (κ1) is 15.4. The molecule has 1 heterocycles. The highest BCUT2D eigenvalue weighted by atomic mass is 16.5. The summed E-state index contributed by atoms with van der Waals surface area (Å²) in [4.78, 5) is 1.43. The number of ether oxygens (including phenoxy) is 1. The maximum absolute atomic E-state index is 5.90. The summed E-state index contributed by atoms with van der Waals surface area (Å²) in [6.45, 7) is 7.67. The molecule has 0 spiro atoms. The summed E-state index contributed by atoms with van der Waals surface area (Å²) in [5, 5.41) is 15.4. The zero-order valence-corrected chi connectivity index (χ0v) is 13.1. The number of tetrazole rings is 1. The molecule has 1 atom stereocenters. The summed E-state index contributed by atoms with van der Waals surface area (Å²) in [7, 11) is 1.74. The third-order valence-corrected chi connectivity index (χ3v) is 3.24. The van der Waals surface area contributed by atoms with Crippen LogP contribution in [-0.2, 0) is 13.7 Å². The van der Waals surface area contributed by atoms with Gasteiger partial charge in [0.2, 0.25) is 5.82 Å². The Morgan fingerprint density at radius 2 is 2.19 bits per heavy atom. The fraction of sp³-hybridized carbons (Fsp3) is 0.533. The molecule has 2 aromatic rings. The van der Waals surface area contributed by atoms with Crippen molar-refractivity contribution in [2.24, 2.45) is 7.05 Å². The Kier molecular flexibility index (Phi) is 5.27. The van der Waals surface area contributed by atoms with Crippen LogP contribution in [0.15, 0.2) is 18.2 Å². The molecule has 0 aliphatic heterocycles. The summed E-state index contributed by atoms with van der Waals surface area (Å²) < 4.78 is 5.90. The van der Waals surface area contributed by atoms with Gasteiger partial charge in [-0.05, 0) is 43.7 Å². The van der Waals surface area contributed by atoms with Gasteiger partial charge in [-0.1, -0.05) is 19.1 Å². The molecule has 1 N–H and O–H groups in total. The molecule has 0 aliphatic carbocycles. The Morgan fingerprint density at radius 3 is 2.86 bits per heavy atom. The van der Waals surface area contributed by atoms with Gasteiger partial charge in [-0.25, -0.2) is 0 Å². The predicted octanol–water partition coefficient (Wildman–Crippen LogP) is 2.16. The van der Waals surface area contributed by atoms with Crippen LogP contribution in [0, 0.1) is 6.92 Å². The minimum absolute atomic E-state index is 0.246. The van der Waals surface area contributed by atoms with E-state index in [1.54, 1.807) is 7.05 Å². The van der Waals surface area contributed by atoms with E-state index >= 15 is 0 Å². The van der Waals surface area contributed by atoms with Gasteiger partial charge in [0.25, 0.3) is 0 Å². The maximum Gasteiger partial charge on any atom is 0.212 e. The highest BCUT2D eigenvalue weighted by molar-refractivity contribution is 5.39. The van der Waals surface area contributed by atoms with Gasteiger partial charge in [-0.2, -0.15) is 4.80 Å². The Balaban J connectivity index is 2.10. The van der Waals surface area contributed by atoms with Crippen molar-refractivity contribution in [3.63, 3.8) is 0 Å². The van der Waals surface area contributed by atoms with Crippen LogP contribution < -0.4 is 10.1 Å². The number of nitrogens with zero attached hydrogens (tertiary/aromatic N) is 4. The smallest absolute Gasteiger partial charge is 0.212 e. The second-order valence-electron chi connectivity index (χ2n) is 5.20. The van der Waals surface area contributed by atoms with Crippen molar-refractivity contribution in [1.29, 1.82) is 0 Å². The van der Waals surface area contributed by atoms with Crippen LogP contribution in [0.2, 0.25) is 0 Å². The molecule has 0 radical (unpaired) electrons. The molecule has 21 heavy (non-hydrogen) atoms. The van der Waals surface area contributed by atoms with Crippen LogP contribution in [-0.4, -0.2) is 26.8 Å². The number of hydrogen-bond donors (Lipinski definition) is 1. The largest absolute Gasteiger partial charge is 0.485 e. The van der Waals surface area contributed by atoms with Crippen molar-refractivity contribution in [3.8, 4) is 5.75 Å². The van der Waals surface area contributed by atoms with E-state index in [0.29, 0.717) is 12.4 Å². The third-order valence-electron chi connectivity index (χ3n) is 3.24. The molecular formula is C15H23N5O. The summed E-state index contributed by atoms with van der Waals surface area (Å²) in [5.74, 6) is 1.46. The molecule has 6 nitrogen and oxygen atoms in total. The topological polar surface area (TPSA) is 64.9 Å². The lowest BCUT2D eigenvalue weighted by atomic mass is 10.0. The quantitative estimate of drug-likeness (QED) is 0.846. The SMILES string of the molecule is CCCNC(C)c1ccc(C)cc1OCc1nnn(C)n1. The lowest BCUT2D eigenvalue weighted by Crippen LogP contribution is -2.20. The molecule has 0 saturated heterocycles. The Bertz CT molecular complexity index is 581. The van der Waals surface area contributed by atoms with E-state index in [-0.39, 0.29) is 6.04 Å². The lowest BCUT2D eigenvalue weighted by molar-refractivity contribution is 0.289. The molecular weight excluding hydrogens is 266 g/mol. The summed E-state index contributed by atoms with van der Waals surface area (Å²) in [6, 6.07) is 6.51. The Morgan fingerprint density at radius 1 is 1.38 bits per heavy atom. The van der Waals surface area contributed by atoms with Gasteiger partial charge in [-0.3, -0.25) is 0 Å². The van der Waals surface area contributed by atoms with E-state index in [2.05, 4.69) is 59.7 Å². The van der Waals surface area contributed by atoms with Gasteiger partial charge >= 0.3 is 0 Å². The Labute approximate surface area is 125 Å². The minimum atomic E-state index is 0.246. The normalized spacial score (nSPS) is 12.4. The first-order valence-corrected chi connectivity index (χ1v) is 7.29. The molecule has 0 aliphatic rings. The standard InChI is InChI=1S/C15H23N5O/c1-5-8-16-12(3)13-7-6-11(2)9-14(13)21-10-15-17-19-20(4)18-15/h6-7,9,12,16H,5,8,10H2,1-4H3. The highest BCUT2D eigenvalue weighted by Gasteiger charge is 2.12. The molecule has 0 amide bonds. The Hall–Kier alpha value is -1.95. The first-order chi connectivity index (χ1) is 10.1. The summed E-state index contributed by atoms with van der Waals surface area (Å²) >= 11 is 0. The number of aromatic nitrogens is 4. The van der Waals surface area contributed by atoms with Crippen molar-refractivity contribution in [1.82, 2.24) is 25.5 Å². The van der Waals surface area contributed by atoms with E-state index in [1.807, 2.05) is 0 Å². The van der Waals surface area contributed by atoms with E-state index in [0.717, 1.165) is 24.3 Å². The fourth-order valence-corrected chi connectivity index (χ4v) is 2.12. The average molecular weight is 289 g/mol. The molecule has 114 valence electrons. The van der Waals surface area contributed by atoms with Gasteiger partial charge < -0.3 is 10.1 Å². The van der Waals surface area contributed by atoms with Crippen LogP contribution in [0.1, 0.15) is 43.3 Å². The summed E-state index contributed by atoms with van der Waals surface area (Å²) in [6.07, 6.45) is 1.11. The molecule has 6 heteroatoms. The maximum atomic E-state index is 5.90. The fourth-order valence-electron chi connectivity index (χ4n) is 2.12. The molecule has 0 fully saturated rings. The number of nitrogens with one attached hydrogen (secondary N) is 1. The van der Waals surface area contributed by atoms with Crippen LogP contribution in [0.4, 0.5) is 0 Å². The van der Waals surface area contributed by atoms with Crippen molar-refractivity contribution >= 4 is 0 Å². The van der Waals surface area contributed by atoms with Crippen LogP contribution in [0.25, 0.3) is 0 Å². The molecule has 1 aromatic heterocycles. The molecule has 2 rings (SSSR count). The first-order valence-electron chi connectivity index (χ1n) is 7.29. The van der Waals surface area contributed by atoms with Crippen molar-refractivity contribution in [3.05, 3.63) is 35.2 Å². The van der Waals surface area contributed by atoms with Gasteiger partial charge in [0, 0.05) is 11.6 Å². The highest BCUT2D eigenvalue weighted by Crippen LogP contribution is 2.27. The molecule has 0 bridgehead atoms. The number of benzene rings is 1. The van der Waals surface area contributed by atoms with Crippen LogP contribution in [0.3, 0.4) is 0 Å². The lowest BCUT2D eigenvalue weighted by Gasteiger charge is -2.18. The van der Waals surface area contributed by atoms with Gasteiger partial charge in [-0.15, -0.1) is 10.2 Å². The van der Waals surface area contributed by atoms with Gasteiger partial charge in [0.1, 0.15) is 5.75 Å². The average Bonchev–Trinajstić information content (AvgIpc) is 2.88. The molecule has 1 unspecified atom stereocenters. The van der Waals surface area contributed by atoms with E-state index in [9.17, 15) is 0 Å². The predicted molar refractivity (Wildman–Crippen MR) is 81.0 cm³/mol. The van der Waals surface area contributed by atoms with Crippen molar-refractivity contribution in [2.75, 3.05) is 6.54 Å². The number of hydrogen-bond acceptors (Lipinski definition) is 5. The van der Waals surface area contributed by atoms with E-state index in [4.69, 9.17) is 4.74 Å². The third kappa shape index (κ3) is 4.26. The van der Waals surface area contributed by atoms with Crippen LogP contribution >= 0.6 is 0 Å². The number of aryl methyl sites for hydroxylation is 2. The van der Waals surface area contributed by atoms with E-state index in [1.165, 1.54) is 10.4 Å². The minimum Gasteiger partial charge on any atom is -0.485 e. The zero-order valence-electron chi connectivity index (χ0n) is 13.1. The van der Waals surface area contributed by atoms with Gasteiger partial charge in [0.15, 0.2) is 6.61 Å². The van der Waals surface area contributed by atoms with E-state index < -0.39 is 0 Å². The molecule has 0 saturated carbocycles. The zero-order chi connectivity index (χ0) is 15.2. The number of rotatable bonds is 7. The van der Waals surface area contributed by atoms with Crippen LogP contribution in [0.5, 0.6) is 5.75 Å². The van der Waals surface area contributed by atoms with Gasteiger partial charge in [0.05, 0.1) is 7.05 Å². The van der Waals surface area contributed by atoms with Crippen molar-refractivity contribution in [2.45, 2.75) is 39.8 Å². The second-order valence-corrected chi connectivity index (χ2v) is 5.20. The summed E-state index contributed by atoms with van der Waals surface area (Å²) in [5.41, 5.74) is 2.32. The molecule has 1 aromatic carbocycles. The monoisotopic (exact) mass is 289 g/mol.